The Morgan fingerprint density at radius 3 is 2.43 bits per heavy atom. The van der Waals surface area contributed by atoms with Gasteiger partial charge in [-0.05, 0) is 36.0 Å². The smallest absolute Gasteiger partial charge is 0.208 e. The molecule has 0 radical (unpaired) electrons. The summed E-state index contributed by atoms with van der Waals surface area (Å²) in [7, 11) is -3.33. The van der Waals surface area contributed by atoms with Crippen molar-refractivity contribution in [1.29, 1.82) is 0 Å². The van der Waals surface area contributed by atoms with Gasteiger partial charge in [0.1, 0.15) is 0 Å². The van der Waals surface area contributed by atoms with Crippen molar-refractivity contribution in [2.24, 2.45) is 0 Å². The van der Waals surface area contributed by atoms with Gasteiger partial charge >= 0.3 is 0 Å². The average molecular weight is 327 g/mol. The second-order valence-corrected chi connectivity index (χ2v) is 7.61. The summed E-state index contributed by atoms with van der Waals surface area (Å²) in [5, 5.41) is 1.36. The number of sulfonamides is 1. The minimum absolute atomic E-state index is 0.474. The molecule has 0 spiro atoms. The van der Waals surface area contributed by atoms with Crippen LogP contribution in [0, 0.1) is 0 Å². The second-order valence-electron chi connectivity index (χ2n) is 5.79. The SMILES string of the molecule is O=S(=O)(/C=C/CCc1ccccc1)N1CCc2ccccc2C1. The van der Waals surface area contributed by atoms with Crippen LogP contribution in [-0.4, -0.2) is 19.3 Å². The number of rotatable bonds is 5. The van der Waals surface area contributed by atoms with Gasteiger partial charge in [-0.25, -0.2) is 8.42 Å². The van der Waals surface area contributed by atoms with Crippen LogP contribution in [0.4, 0.5) is 0 Å². The minimum atomic E-state index is -3.33. The van der Waals surface area contributed by atoms with Gasteiger partial charge in [0.15, 0.2) is 0 Å². The average Bonchev–Trinajstić information content (AvgIpc) is 2.59. The van der Waals surface area contributed by atoms with Crippen molar-refractivity contribution in [3.05, 3.63) is 82.8 Å². The molecular weight excluding hydrogens is 306 g/mol. The molecule has 4 heteroatoms. The van der Waals surface area contributed by atoms with E-state index >= 15 is 0 Å². The number of allylic oxidation sites excluding steroid dienone is 1. The Morgan fingerprint density at radius 1 is 0.957 bits per heavy atom. The maximum Gasteiger partial charge on any atom is 0.236 e. The third kappa shape index (κ3) is 4.09. The summed E-state index contributed by atoms with van der Waals surface area (Å²) in [6.07, 6.45) is 4.14. The molecule has 0 amide bonds. The Bertz CT molecular complexity index is 782. The van der Waals surface area contributed by atoms with Crippen molar-refractivity contribution in [2.75, 3.05) is 6.54 Å². The number of fused-ring (bicyclic) bond motifs is 1. The van der Waals surface area contributed by atoms with Crippen LogP contribution >= 0.6 is 0 Å². The van der Waals surface area contributed by atoms with Gasteiger partial charge in [0, 0.05) is 18.5 Å². The lowest BCUT2D eigenvalue weighted by molar-refractivity contribution is 0.397. The Morgan fingerprint density at radius 2 is 1.65 bits per heavy atom. The highest BCUT2D eigenvalue weighted by molar-refractivity contribution is 7.92. The molecule has 1 heterocycles. The second kappa shape index (κ2) is 7.11. The Balaban J connectivity index is 1.60. The van der Waals surface area contributed by atoms with Crippen LogP contribution in [0.15, 0.2) is 66.1 Å². The Kier molecular flexibility index (Phi) is 4.94. The van der Waals surface area contributed by atoms with Gasteiger partial charge in [0.05, 0.1) is 0 Å². The van der Waals surface area contributed by atoms with Gasteiger partial charge in [0.25, 0.3) is 0 Å². The molecule has 0 unspecified atom stereocenters. The maximum atomic E-state index is 12.4. The molecule has 0 bridgehead atoms. The van der Waals surface area contributed by atoms with Crippen molar-refractivity contribution >= 4 is 10.0 Å². The molecule has 0 aliphatic carbocycles. The van der Waals surface area contributed by atoms with Crippen LogP contribution in [-0.2, 0) is 29.4 Å². The van der Waals surface area contributed by atoms with Crippen molar-refractivity contribution in [1.82, 2.24) is 4.31 Å². The van der Waals surface area contributed by atoms with Crippen LogP contribution in [0.2, 0.25) is 0 Å². The van der Waals surface area contributed by atoms with Gasteiger partial charge in [-0.15, -0.1) is 0 Å². The summed E-state index contributed by atoms with van der Waals surface area (Å²) in [6, 6.07) is 18.2. The molecule has 0 saturated carbocycles. The quantitative estimate of drug-likeness (QED) is 0.842. The minimum Gasteiger partial charge on any atom is -0.208 e. The molecule has 1 aliphatic heterocycles. The molecule has 0 aromatic heterocycles. The maximum absolute atomic E-state index is 12.4. The predicted molar refractivity (Wildman–Crippen MR) is 93.4 cm³/mol. The number of benzene rings is 2. The van der Waals surface area contributed by atoms with E-state index in [0.29, 0.717) is 13.1 Å². The number of nitrogens with zero attached hydrogens (tertiary/aromatic N) is 1. The van der Waals surface area contributed by atoms with E-state index in [1.807, 2.05) is 36.4 Å². The molecule has 120 valence electrons. The lowest BCUT2D eigenvalue weighted by atomic mass is 10.0. The molecule has 1 aliphatic rings. The van der Waals surface area contributed by atoms with E-state index in [1.165, 1.54) is 16.5 Å². The third-order valence-electron chi connectivity index (χ3n) is 4.17. The first-order valence-electron chi connectivity index (χ1n) is 7.92. The summed E-state index contributed by atoms with van der Waals surface area (Å²) >= 11 is 0. The van der Waals surface area contributed by atoms with E-state index in [4.69, 9.17) is 0 Å². The zero-order chi connectivity index (χ0) is 16.1. The highest BCUT2D eigenvalue weighted by Gasteiger charge is 2.24. The van der Waals surface area contributed by atoms with Crippen molar-refractivity contribution in [3.8, 4) is 0 Å². The fourth-order valence-corrected chi connectivity index (χ4v) is 4.07. The fraction of sp³-hybridized carbons (Fsp3) is 0.263. The predicted octanol–water partition coefficient (Wildman–Crippen LogP) is 3.52. The monoisotopic (exact) mass is 327 g/mol. The summed E-state index contributed by atoms with van der Waals surface area (Å²) in [5.41, 5.74) is 3.59. The van der Waals surface area contributed by atoms with Gasteiger partial charge < -0.3 is 0 Å². The standard InChI is InChI=1S/C19H21NO2S/c21-23(22,15-7-6-10-17-8-2-1-3-9-17)20-14-13-18-11-4-5-12-19(18)16-20/h1-5,7-9,11-12,15H,6,10,13-14,16H2/b15-7+. The highest BCUT2D eigenvalue weighted by atomic mass is 32.2. The molecule has 2 aromatic carbocycles. The first-order valence-corrected chi connectivity index (χ1v) is 9.43. The molecule has 0 saturated heterocycles. The fourth-order valence-electron chi connectivity index (χ4n) is 2.86. The van der Waals surface area contributed by atoms with Gasteiger partial charge in [0.2, 0.25) is 10.0 Å². The molecular formula is C19H21NO2S. The molecule has 2 aromatic rings. The van der Waals surface area contributed by atoms with Gasteiger partial charge in [-0.3, -0.25) is 0 Å². The lowest BCUT2D eigenvalue weighted by Crippen LogP contribution is -2.34. The zero-order valence-electron chi connectivity index (χ0n) is 13.1. The molecule has 0 N–H and O–H groups in total. The van der Waals surface area contributed by atoms with Crippen LogP contribution in [0.3, 0.4) is 0 Å². The third-order valence-corrected chi connectivity index (χ3v) is 5.73. The molecule has 3 rings (SSSR count). The van der Waals surface area contributed by atoms with E-state index in [1.54, 1.807) is 10.4 Å². The van der Waals surface area contributed by atoms with Crippen LogP contribution in [0.5, 0.6) is 0 Å². The molecule has 0 fully saturated rings. The highest BCUT2D eigenvalue weighted by Crippen LogP contribution is 2.21. The first-order chi connectivity index (χ1) is 11.1. The Labute approximate surface area is 138 Å². The number of hydrogen-bond donors (Lipinski definition) is 0. The van der Waals surface area contributed by atoms with E-state index in [0.717, 1.165) is 24.8 Å². The molecule has 0 atom stereocenters. The Hall–Kier alpha value is -1.91. The van der Waals surface area contributed by atoms with Crippen LogP contribution < -0.4 is 0 Å². The summed E-state index contributed by atoms with van der Waals surface area (Å²) < 4.78 is 26.5. The summed E-state index contributed by atoms with van der Waals surface area (Å²) in [4.78, 5) is 0. The van der Waals surface area contributed by atoms with E-state index in [2.05, 4.69) is 18.2 Å². The van der Waals surface area contributed by atoms with Gasteiger partial charge in [-0.1, -0.05) is 60.7 Å². The van der Waals surface area contributed by atoms with Crippen LogP contribution in [0.1, 0.15) is 23.1 Å². The normalized spacial score (nSPS) is 15.7. The van der Waals surface area contributed by atoms with Crippen molar-refractivity contribution < 1.29 is 8.42 Å². The largest absolute Gasteiger partial charge is 0.236 e. The van der Waals surface area contributed by atoms with Crippen LogP contribution in [0.25, 0.3) is 0 Å². The number of aryl methyl sites for hydroxylation is 1. The molecule has 3 nitrogen and oxygen atoms in total. The molecule has 23 heavy (non-hydrogen) atoms. The lowest BCUT2D eigenvalue weighted by Gasteiger charge is -2.26. The van der Waals surface area contributed by atoms with E-state index in [9.17, 15) is 8.42 Å². The first kappa shape index (κ1) is 16.0. The van der Waals surface area contributed by atoms with E-state index in [-0.39, 0.29) is 0 Å². The summed E-state index contributed by atoms with van der Waals surface area (Å²) in [6.45, 7) is 1.03. The van der Waals surface area contributed by atoms with E-state index < -0.39 is 10.0 Å². The zero-order valence-corrected chi connectivity index (χ0v) is 13.9. The van der Waals surface area contributed by atoms with Crippen molar-refractivity contribution in [3.63, 3.8) is 0 Å². The number of hydrogen-bond acceptors (Lipinski definition) is 2. The van der Waals surface area contributed by atoms with Gasteiger partial charge in [-0.2, -0.15) is 4.31 Å². The van der Waals surface area contributed by atoms with Crippen molar-refractivity contribution in [2.45, 2.75) is 25.8 Å². The summed E-state index contributed by atoms with van der Waals surface area (Å²) in [5.74, 6) is 0. The topological polar surface area (TPSA) is 37.4 Å².